The average molecular weight is 575 g/mol. The number of rotatable bonds is 22. The standard InChI is InChI=1S/C38H54O4/c1-5-7-9-11-13-15-17-27-41-35-25-23-33(29-37(35)39-3)31-19-21-32(22-20-31)34-24-26-36(38(30-34)40-4)42-28-18-16-14-12-10-8-6-2/h19-26,29-30H,5-18,27-28H2,1-4H3. The molecule has 230 valence electrons. The van der Waals surface area contributed by atoms with Crippen molar-refractivity contribution in [3.05, 3.63) is 60.7 Å². The van der Waals surface area contributed by atoms with E-state index in [1.807, 2.05) is 12.1 Å². The molecule has 0 spiro atoms. The second-order valence-electron chi connectivity index (χ2n) is 11.2. The second kappa shape index (κ2) is 19.9. The Morgan fingerprint density at radius 1 is 0.381 bits per heavy atom. The SMILES string of the molecule is CCCCCCCCCOc1ccc(-c2ccc(-c3ccc(OCCCCCCCCC)c(OC)c3)cc2)cc1OC. The van der Waals surface area contributed by atoms with Crippen molar-refractivity contribution in [2.24, 2.45) is 0 Å². The predicted octanol–water partition coefficient (Wildman–Crippen LogP) is 11.3. The molecule has 4 nitrogen and oxygen atoms in total. The van der Waals surface area contributed by atoms with Crippen molar-refractivity contribution in [1.29, 1.82) is 0 Å². The fourth-order valence-electron chi connectivity index (χ4n) is 5.27. The van der Waals surface area contributed by atoms with Crippen LogP contribution in [0.4, 0.5) is 0 Å². The lowest BCUT2D eigenvalue weighted by Gasteiger charge is -2.14. The summed E-state index contributed by atoms with van der Waals surface area (Å²) in [5.74, 6) is 3.17. The van der Waals surface area contributed by atoms with Crippen molar-refractivity contribution in [1.82, 2.24) is 0 Å². The van der Waals surface area contributed by atoms with Crippen LogP contribution in [0.15, 0.2) is 60.7 Å². The molecule has 0 aromatic heterocycles. The van der Waals surface area contributed by atoms with Crippen LogP contribution < -0.4 is 18.9 Å². The van der Waals surface area contributed by atoms with Gasteiger partial charge < -0.3 is 18.9 Å². The maximum absolute atomic E-state index is 6.06. The van der Waals surface area contributed by atoms with Crippen molar-refractivity contribution in [2.45, 2.75) is 104 Å². The first-order valence-electron chi connectivity index (χ1n) is 16.4. The molecule has 0 heterocycles. The van der Waals surface area contributed by atoms with E-state index < -0.39 is 0 Å². The van der Waals surface area contributed by atoms with Gasteiger partial charge in [0.05, 0.1) is 27.4 Å². The lowest BCUT2D eigenvalue weighted by atomic mass is 9.99. The Kier molecular flexibility index (Phi) is 15.8. The molecular weight excluding hydrogens is 520 g/mol. The van der Waals surface area contributed by atoms with E-state index >= 15 is 0 Å². The van der Waals surface area contributed by atoms with Crippen LogP contribution in [-0.4, -0.2) is 27.4 Å². The molecular formula is C38H54O4. The zero-order valence-electron chi connectivity index (χ0n) is 26.7. The molecule has 3 rings (SSSR count). The minimum atomic E-state index is 0.727. The Morgan fingerprint density at radius 3 is 1.07 bits per heavy atom. The van der Waals surface area contributed by atoms with Crippen molar-refractivity contribution < 1.29 is 18.9 Å². The maximum Gasteiger partial charge on any atom is 0.161 e. The Hall–Kier alpha value is -3.14. The highest BCUT2D eigenvalue weighted by Crippen LogP contribution is 2.36. The Balaban J connectivity index is 1.52. The van der Waals surface area contributed by atoms with Gasteiger partial charge in [-0.05, 0) is 59.4 Å². The summed E-state index contributed by atoms with van der Waals surface area (Å²) < 4.78 is 23.5. The summed E-state index contributed by atoms with van der Waals surface area (Å²) >= 11 is 0. The van der Waals surface area contributed by atoms with Crippen LogP contribution in [0.1, 0.15) is 104 Å². The largest absolute Gasteiger partial charge is 0.493 e. The molecule has 0 aliphatic rings. The Bertz CT molecular complexity index is 1050. The number of hydrogen-bond acceptors (Lipinski definition) is 4. The minimum absolute atomic E-state index is 0.727. The summed E-state index contributed by atoms with van der Waals surface area (Å²) in [5, 5.41) is 0. The first kappa shape index (κ1) is 33.4. The number of benzene rings is 3. The molecule has 0 aliphatic heterocycles. The van der Waals surface area contributed by atoms with Gasteiger partial charge in [-0.3, -0.25) is 0 Å². The number of ether oxygens (including phenoxy) is 4. The van der Waals surface area contributed by atoms with Crippen molar-refractivity contribution >= 4 is 0 Å². The van der Waals surface area contributed by atoms with Gasteiger partial charge >= 0.3 is 0 Å². The van der Waals surface area contributed by atoms with Gasteiger partial charge in [0.1, 0.15) is 0 Å². The molecule has 0 N–H and O–H groups in total. The fraction of sp³-hybridized carbons (Fsp3) is 0.526. The van der Waals surface area contributed by atoms with Gasteiger partial charge in [-0.25, -0.2) is 0 Å². The van der Waals surface area contributed by atoms with Gasteiger partial charge in [0.15, 0.2) is 23.0 Å². The molecule has 3 aromatic rings. The molecule has 4 heteroatoms. The van der Waals surface area contributed by atoms with Crippen molar-refractivity contribution in [2.75, 3.05) is 27.4 Å². The smallest absolute Gasteiger partial charge is 0.161 e. The molecule has 3 aromatic carbocycles. The molecule has 0 aliphatic carbocycles. The third-order valence-electron chi connectivity index (χ3n) is 7.89. The van der Waals surface area contributed by atoms with Crippen LogP contribution >= 0.6 is 0 Å². The maximum atomic E-state index is 6.06. The van der Waals surface area contributed by atoms with Gasteiger partial charge in [-0.15, -0.1) is 0 Å². The molecule has 0 atom stereocenters. The van der Waals surface area contributed by atoms with Gasteiger partial charge in [-0.1, -0.05) is 127 Å². The van der Waals surface area contributed by atoms with Gasteiger partial charge in [0, 0.05) is 0 Å². The van der Waals surface area contributed by atoms with E-state index in [1.165, 1.54) is 77.0 Å². The molecule has 0 unspecified atom stereocenters. The van der Waals surface area contributed by atoms with Crippen LogP contribution in [0.5, 0.6) is 23.0 Å². The van der Waals surface area contributed by atoms with Crippen LogP contribution in [0, 0.1) is 0 Å². The third-order valence-corrected chi connectivity index (χ3v) is 7.89. The first-order valence-corrected chi connectivity index (χ1v) is 16.4. The summed E-state index contributed by atoms with van der Waals surface area (Å²) in [7, 11) is 3.41. The van der Waals surface area contributed by atoms with E-state index in [-0.39, 0.29) is 0 Å². The second-order valence-corrected chi connectivity index (χ2v) is 11.2. The van der Waals surface area contributed by atoms with Crippen LogP contribution in [-0.2, 0) is 0 Å². The van der Waals surface area contributed by atoms with Crippen LogP contribution in [0.2, 0.25) is 0 Å². The van der Waals surface area contributed by atoms with E-state index in [2.05, 4.69) is 62.4 Å². The molecule has 0 fully saturated rings. The van der Waals surface area contributed by atoms with E-state index in [4.69, 9.17) is 18.9 Å². The topological polar surface area (TPSA) is 36.9 Å². The zero-order valence-corrected chi connectivity index (χ0v) is 26.7. The van der Waals surface area contributed by atoms with Gasteiger partial charge in [-0.2, -0.15) is 0 Å². The third kappa shape index (κ3) is 11.3. The predicted molar refractivity (Wildman–Crippen MR) is 177 cm³/mol. The van der Waals surface area contributed by atoms with Crippen LogP contribution in [0.3, 0.4) is 0 Å². The monoisotopic (exact) mass is 574 g/mol. The molecule has 0 saturated carbocycles. The number of unbranched alkanes of at least 4 members (excludes halogenated alkanes) is 12. The Morgan fingerprint density at radius 2 is 0.714 bits per heavy atom. The molecule has 0 bridgehead atoms. The summed E-state index contributed by atoms with van der Waals surface area (Å²) in [6, 6.07) is 21.0. The fourth-order valence-corrected chi connectivity index (χ4v) is 5.27. The average Bonchev–Trinajstić information content (AvgIpc) is 3.03. The van der Waals surface area contributed by atoms with E-state index in [0.717, 1.165) is 71.3 Å². The number of methoxy groups -OCH3 is 2. The van der Waals surface area contributed by atoms with Gasteiger partial charge in [0.2, 0.25) is 0 Å². The van der Waals surface area contributed by atoms with E-state index in [0.29, 0.717) is 0 Å². The van der Waals surface area contributed by atoms with E-state index in [9.17, 15) is 0 Å². The molecule has 0 saturated heterocycles. The summed E-state index contributed by atoms with van der Waals surface area (Å²) in [6.07, 6.45) is 17.8. The zero-order chi connectivity index (χ0) is 29.8. The lowest BCUT2D eigenvalue weighted by Crippen LogP contribution is -2.00. The van der Waals surface area contributed by atoms with Crippen molar-refractivity contribution in [3.8, 4) is 45.3 Å². The molecule has 0 radical (unpaired) electrons. The lowest BCUT2D eigenvalue weighted by molar-refractivity contribution is 0.284. The van der Waals surface area contributed by atoms with Crippen LogP contribution in [0.25, 0.3) is 22.3 Å². The summed E-state index contributed by atoms with van der Waals surface area (Å²) in [5.41, 5.74) is 4.48. The summed E-state index contributed by atoms with van der Waals surface area (Å²) in [4.78, 5) is 0. The van der Waals surface area contributed by atoms with E-state index in [1.54, 1.807) is 14.2 Å². The molecule has 42 heavy (non-hydrogen) atoms. The number of hydrogen-bond donors (Lipinski definition) is 0. The van der Waals surface area contributed by atoms with Gasteiger partial charge in [0.25, 0.3) is 0 Å². The first-order chi connectivity index (χ1) is 20.7. The van der Waals surface area contributed by atoms with Crippen molar-refractivity contribution in [3.63, 3.8) is 0 Å². The highest BCUT2D eigenvalue weighted by atomic mass is 16.5. The highest BCUT2D eigenvalue weighted by Gasteiger charge is 2.10. The molecule has 0 amide bonds. The Labute approximate surface area is 255 Å². The normalized spacial score (nSPS) is 11.0. The minimum Gasteiger partial charge on any atom is -0.493 e. The highest BCUT2D eigenvalue weighted by molar-refractivity contribution is 5.73. The summed E-state index contributed by atoms with van der Waals surface area (Å²) in [6.45, 7) is 5.97. The quantitative estimate of drug-likeness (QED) is 0.112.